The van der Waals surface area contributed by atoms with Gasteiger partial charge in [-0.1, -0.05) is 89.8 Å². The first-order chi connectivity index (χ1) is 21.2. The van der Waals surface area contributed by atoms with E-state index < -0.39 is 0 Å². The first-order valence-electron chi connectivity index (χ1n) is 16.9. The molecule has 1 saturated carbocycles. The summed E-state index contributed by atoms with van der Waals surface area (Å²) < 4.78 is 0. The molecule has 0 amide bonds. The van der Waals surface area contributed by atoms with Crippen LogP contribution in [0, 0.1) is 17.9 Å². The summed E-state index contributed by atoms with van der Waals surface area (Å²) in [5, 5.41) is 14.8. The Morgan fingerprint density at radius 2 is 1.67 bits per heavy atom. The molecule has 0 spiro atoms. The third-order valence-corrected chi connectivity index (χ3v) is 10.3. The van der Waals surface area contributed by atoms with Crippen LogP contribution in [0.5, 0.6) is 0 Å². The van der Waals surface area contributed by atoms with Gasteiger partial charge in [0.25, 0.3) is 0 Å². The van der Waals surface area contributed by atoms with Gasteiger partial charge >= 0.3 is 0 Å². The van der Waals surface area contributed by atoms with Gasteiger partial charge in [0.2, 0.25) is 0 Å². The van der Waals surface area contributed by atoms with Crippen molar-refractivity contribution in [1.29, 1.82) is 0 Å². The molecule has 5 heteroatoms. The number of pyridine rings is 2. The largest absolute Gasteiger partial charge is 0.512 e. The van der Waals surface area contributed by atoms with Crippen molar-refractivity contribution in [2.24, 2.45) is 11.8 Å². The average Bonchev–Trinajstić information content (AvgIpc) is 3.04. The summed E-state index contributed by atoms with van der Waals surface area (Å²) in [5.74, 6) is 1.24. The molecule has 2 aliphatic rings. The molecule has 0 unspecified atom stereocenters. The molecule has 1 N–H and O–H groups in total. The quantitative estimate of drug-likeness (QED) is 0.110. The van der Waals surface area contributed by atoms with Gasteiger partial charge in [-0.2, -0.15) is 0 Å². The second-order valence-corrected chi connectivity index (χ2v) is 13.3. The standard InChI is InChI=1S/C27H25N2.C13H24O2.Ir/c1-27(2)23-15-20(17-6-4-3-5-7-17)14-18-10-13-29-26(24(18)23)22-9-8-19-16-28-12-11-21(19)25(22)27;1-5-10(6-2)12(14)9-13(15)11(7-3)8-4;/h8,10-17H,3-7H2,1-2H3;9-11,14H,5-8H2,1-4H3;/q-1;;/b;12-9-;. The van der Waals surface area contributed by atoms with Crippen LogP contribution in [0.25, 0.3) is 32.8 Å². The van der Waals surface area contributed by atoms with Gasteiger partial charge in [-0.05, 0) is 89.7 Å². The van der Waals surface area contributed by atoms with E-state index in [1.807, 2.05) is 46.3 Å². The third kappa shape index (κ3) is 6.95. The molecule has 0 atom stereocenters. The van der Waals surface area contributed by atoms with E-state index in [1.165, 1.54) is 71.0 Å². The monoisotopic (exact) mass is 782 g/mol. The third-order valence-electron chi connectivity index (χ3n) is 10.3. The van der Waals surface area contributed by atoms with E-state index in [9.17, 15) is 9.90 Å². The van der Waals surface area contributed by atoms with Gasteiger partial charge in [0, 0.05) is 50.4 Å². The van der Waals surface area contributed by atoms with Gasteiger partial charge < -0.3 is 10.1 Å². The predicted octanol–water partition coefficient (Wildman–Crippen LogP) is 10.8. The maximum absolute atomic E-state index is 11.7. The number of benzene rings is 2. The number of ketones is 1. The fraction of sp³-hybridized carbons (Fsp3) is 0.475. The number of nitrogens with zero attached hydrogens (tertiary/aromatic N) is 2. The van der Waals surface area contributed by atoms with Gasteiger partial charge in [0.05, 0.1) is 5.76 Å². The number of aromatic nitrogens is 2. The van der Waals surface area contributed by atoms with Crippen molar-refractivity contribution in [2.75, 3.05) is 0 Å². The van der Waals surface area contributed by atoms with Crippen molar-refractivity contribution in [2.45, 2.75) is 111 Å². The van der Waals surface area contributed by atoms with Gasteiger partial charge in [-0.25, -0.2) is 0 Å². The number of hydrogen-bond donors (Lipinski definition) is 1. The molecule has 45 heavy (non-hydrogen) atoms. The molecule has 0 saturated heterocycles. The molecular weight excluding hydrogens is 733 g/mol. The minimum Gasteiger partial charge on any atom is -0.512 e. The van der Waals surface area contributed by atoms with Gasteiger partial charge in [0.1, 0.15) is 0 Å². The van der Waals surface area contributed by atoms with Crippen molar-refractivity contribution in [3.63, 3.8) is 0 Å². The Kier molecular flexibility index (Phi) is 11.8. The van der Waals surface area contributed by atoms with Crippen LogP contribution in [-0.2, 0) is 30.3 Å². The second kappa shape index (κ2) is 15.1. The van der Waals surface area contributed by atoms with E-state index >= 15 is 0 Å². The van der Waals surface area contributed by atoms with Crippen LogP contribution in [-0.4, -0.2) is 20.9 Å². The molecule has 241 valence electrons. The molecule has 1 fully saturated rings. The first-order valence-corrected chi connectivity index (χ1v) is 16.9. The molecule has 1 radical (unpaired) electrons. The minimum absolute atomic E-state index is 0. The molecule has 0 aliphatic heterocycles. The maximum atomic E-state index is 11.7. The number of allylic oxidation sites excluding steroid dienone is 2. The van der Waals surface area contributed by atoms with Gasteiger partial charge in [-0.15, -0.1) is 23.3 Å². The zero-order valence-electron chi connectivity index (χ0n) is 27.9. The van der Waals surface area contributed by atoms with Crippen LogP contribution in [0.2, 0.25) is 0 Å². The van der Waals surface area contributed by atoms with Crippen molar-refractivity contribution in [3.8, 4) is 11.3 Å². The summed E-state index contributed by atoms with van der Waals surface area (Å²) >= 11 is 0. The van der Waals surface area contributed by atoms with Crippen molar-refractivity contribution < 1.29 is 30.0 Å². The normalized spacial score (nSPS) is 15.9. The molecule has 0 bridgehead atoms. The molecule has 2 aromatic heterocycles. The van der Waals surface area contributed by atoms with Crippen LogP contribution in [0.3, 0.4) is 0 Å². The van der Waals surface area contributed by atoms with Crippen LogP contribution >= 0.6 is 0 Å². The molecule has 2 aromatic carbocycles. The van der Waals surface area contributed by atoms with Crippen molar-refractivity contribution >= 4 is 27.3 Å². The fourth-order valence-corrected chi connectivity index (χ4v) is 7.55. The minimum atomic E-state index is -0.105. The van der Waals surface area contributed by atoms with Gasteiger partial charge in [-0.3, -0.25) is 9.78 Å². The number of carbonyl (C=O) groups excluding carboxylic acids is 1. The van der Waals surface area contributed by atoms with E-state index in [2.05, 4.69) is 55.2 Å². The Hall–Kier alpha value is -2.88. The smallest absolute Gasteiger partial charge is 0.162 e. The van der Waals surface area contributed by atoms with E-state index in [0.717, 1.165) is 42.3 Å². The van der Waals surface area contributed by atoms with Crippen molar-refractivity contribution in [1.82, 2.24) is 9.97 Å². The number of carbonyl (C=O) groups is 1. The number of aliphatic hydroxyl groups is 1. The molecule has 2 heterocycles. The van der Waals surface area contributed by atoms with E-state index in [-0.39, 0.29) is 48.9 Å². The van der Waals surface area contributed by atoms with Crippen LogP contribution in [0.15, 0.2) is 60.8 Å². The van der Waals surface area contributed by atoms with Crippen molar-refractivity contribution in [3.05, 3.63) is 83.5 Å². The Labute approximate surface area is 283 Å². The summed E-state index contributed by atoms with van der Waals surface area (Å²) in [7, 11) is 0. The number of fused-ring (bicyclic) bond motifs is 4. The average molecular weight is 782 g/mol. The zero-order chi connectivity index (χ0) is 31.4. The number of aliphatic hydroxyl groups excluding tert-OH is 1. The summed E-state index contributed by atoms with van der Waals surface area (Å²) in [6, 6.07) is 14.9. The number of hydrogen-bond acceptors (Lipinski definition) is 4. The molecule has 2 aliphatic carbocycles. The fourth-order valence-electron chi connectivity index (χ4n) is 7.55. The maximum Gasteiger partial charge on any atom is 0.162 e. The van der Waals surface area contributed by atoms with E-state index in [1.54, 1.807) is 0 Å². The Bertz CT molecular complexity index is 1660. The first kappa shape index (κ1) is 35.0. The Balaban J connectivity index is 0.000000249. The van der Waals surface area contributed by atoms with Crippen LogP contribution in [0.4, 0.5) is 0 Å². The Morgan fingerprint density at radius 1 is 0.978 bits per heavy atom. The molecule has 6 rings (SSSR count). The van der Waals surface area contributed by atoms with Crippen LogP contribution in [0.1, 0.15) is 122 Å². The van der Waals surface area contributed by atoms with E-state index in [0.29, 0.717) is 5.92 Å². The summed E-state index contributed by atoms with van der Waals surface area (Å²) in [5.41, 5.74) is 6.41. The number of rotatable bonds is 8. The van der Waals surface area contributed by atoms with Crippen LogP contribution < -0.4 is 0 Å². The Morgan fingerprint density at radius 3 is 2.33 bits per heavy atom. The summed E-state index contributed by atoms with van der Waals surface area (Å²) in [6.07, 6.45) is 17.5. The van der Waals surface area contributed by atoms with Gasteiger partial charge in [0.15, 0.2) is 5.78 Å². The zero-order valence-corrected chi connectivity index (χ0v) is 30.3. The second-order valence-electron chi connectivity index (χ2n) is 13.3. The summed E-state index contributed by atoms with van der Waals surface area (Å²) in [4.78, 5) is 20.9. The molecule has 4 aromatic rings. The predicted molar refractivity (Wildman–Crippen MR) is 183 cm³/mol. The molecule has 4 nitrogen and oxygen atoms in total. The SMILES string of the molecule is CC1(C)c2c([c-]cc3cnccc23)-c2nccc3cc(C4CCCCC4)cc1c23.CCC(CC)C(=O)/C=C(\O)C(CC)CC.[Ir]. The summed E-state index contributed by atoms with van der Waals surface area (Å²) in [6.45, 7) is 12.8. The van der Waals surface area contributed by atoms with E-state index in [4.69, 9.17) is 4.98 Å². The topological polar surface area (TPSA) is 63.1 Å². The molecular formula is C40H49IrN2O2-.